The van der Waals surface area contributed by atoms with Gasteiger partial charge in [0.1, 0.15) is 0 Å². The highest BCUT2D eigenvalue weighted by molar-refractivity contribution is 4.72. The van der Waals surface area contributed by atoms with E-state index in [0.717, 1.165) is 31.3 Å². The van der Waals surface area contributed by atoms with Crippen molar-refractivity contribution in [1.82, 2.24) is 5.32 Å². The van der Waals surface area contributed by atoms with E-state index in [1.807, 2.05) is 0 Å². The highest BCUT2D eigenvalue weighted by atomic mass is 14.9. The van der Waals surface area contributed by atoms with Crippen molar-refractivity contribution in [1.29, 1.82) is 0 Å². The Morgan fingerprint density at radius 2 is 2.07 bits per heavy atom. The summed E-state index contributed by atoms with van der Waals surface area (Å²) < 4.78 is 0. The summed E-state index contributed by atoms with van der Waals surface area (Å²) in [7, 11) is 0. The first-order valence-corrected chi connectivity index (χ1v) is 6.14. The van der Waals surface area contributed by atoms with Crippen molar-refractivity contribution in [2.75, 3.05) is 13.1 Å². The van der Waals surface area contributed by atoms with Crippen LogP contribution in [0.1, 0.15) is 46.0 Å². The molecule has 1 fully saturated rings. The molecule has 1 saturated carbocycles. The Bertz CT molecular complexity index is 141. The molecule has 1 unspecified atom stereocenters. The van der Waals surface area contributed by atoms with E-state index in [4.69, 9.17) is 5.73 Å². The van der Waals surface area contributed by atoms with Crippen molar-refractivity contribution in [3.05, 3.63) is 0 Å². The summed E-state index contributed by atoms with van der Waals surface area (Å²) >= 11 is 0. The van der Waals surface area contributed by atoms with Crippen molar-refractivity contribution in [2.24, 2.45) is 17.6 Å². The lowest BCUT2D eigenvalue weighted by molar-refractivity contribution is 0.290. The van der Waals surface area contributed by atoms with Crippen LogP contribution >= 0.6 is 0 Å². The number of rotatable bonds is 7. The first-order chi connectivity index (χ1) is 6.68. The summed E-state index contributed by atoms with van der Waals surface area (Å²) in [6.45, 7) is 6.61. The second kappa shape index (κ2) is 6.41. The Morgan fingerprint density at radius 3 is 2.57 bits per heavy atom. The van der Waals surface area contributed by atoms with Crippen molar-refractivity contribution in [2.45, 2.75) is 52.0 Å². The van der Waals surface area contributed by atoms with Gasteiger partial charge in [0.25, 0.3) is 0 Å². The predicted molar refractivity (Wildman–Crippen MR) is 62.3 cm³/mol. The number of hydrogen-bond donors (Lipinski definition) is 2. The molecule has 0 aromatic rings. The van der Waals surface area contributed by atoms with Crippen molar-refractivity contribution in [3.63, 3.8) is 0 Å². The molecule has 0 bridgehead atoms. The molecule has 14 heavy (non-hydrogen) atoms. The Kier molecular flexibility index (Phi) is 5.49. The zero-order chi connectivity index (χ0) is 10.4. The third-order valence-corrected chi connectivity index (χ3v) is 3.13. The van der Waals surface area contributed by atoms with Crippen LogP contribution in [0.2, 0.25) is 0 Å². The van der Waals surface area contributed by atoms with Crippen molar-refractivity contribution in [3.8, 4) is 0 Å². The maximum absolute atomic E-state index is 5.98. The van der Waals surface area contributed by atoms with Gasteiger partial charge in [-0.1, -0.05) is 33.1 Å². The lowest BCUT2D eigenvalue weighted by Crippen LogP contribution is -2.36. The minimum Gasteiger partial charge on any atom is -0.327 e. The van der Waals surface area contributed by atoms with E-state index in [1.165, 1.54) is 25.7 Å². The van der Waals surface area contributed by atoms with E-state index >= 15 is 0 Å². The topological polar surface area (TPSA) is 38.0 Å². The largest absolute Gasteiger partial charge is 0.327 e. The number of nitrogens with one attached hydrogen (secondary N) is 1. The van der Waals surface area contributed by atoms with Crippen LogP contribution in [0, 0.1) is 11.8 Å². The van der Waals surface area contributed by atoms with Crippen molar-refractivity contribution < 1.29 is 0 Å². The van der Waals surface area contributed by atoms with Gasteiger partial charge in [0.2, 0.25) is 0 Å². The molecule has 2 heteroatoms. The molecule has 84 valence electrons. The van der Waals surface area contributed by atoms with Gasteiger partial charge < -0.3 is 11.1 Å². The van der Waals surface area contributed by atoms with Crippen LogP contribution in [0.5, 0.6) is 0 Å². The lowest BCUT2D eigenvalue weighted by Gasteiger charge is -2.25. The molecule has 1 aliphatic rings. The molecule has 2 nitrogen and oxygen atoms in total. The minimum absolute atomic E-state index is 0.344. The van der Waals surface area contributed by atoms with Gasteiger partial charge in [0, 0.05) is 12.6 Å². The molecule has 0 amide bonds. The summed E-state index contributed by atoms with van der Waals surface area (Å²) in [4.78, 5) is 0. The normalized spacial score (nSPS) is 19.7. The molecule has 0 aromatic heterocycles. The summed E-state index contributed by atoms with van der Waals surface area (Å²) in [5.74, 6) is 1.74. The molecule has 0 aliphatic heterocycles. The van der Waals surface area contributed by atoms with E-state index in [9.17, 15) is 0 Å². The lowest BCUT2D eigenvalue weighted by atomic mass is 9.83. The quantitative estimate of drug-likeness (QED) is 0.615. The molecular formula is C12H26N2. The van der Waals surface area contributed by atoms with Crippen LogP contribution in [0.3, 0.4) is 0 Å². The van der Waals surface area contributed by atoms with Gasteiger partial charge in [-0.25, -0.2) is 0 Å². The standard InChI is InChI=1S/C12H26N2/c1-10(2)8-12(13)9-14-7-6-11-4-3-5-11/h10-12,14H,3-9,13H2,1-2H3. The van der Waals surface area contributed by atoms with Crippen LogP contribution in [0.25, 0.3) is 0 Å². The molecular weight excluding hydrogens is 172 g/mol. The Balaban J connectivity index is 1.86. The Morgan fingerprint density at radius 1 is 1.36 bits per heavy atom. The average molecular weight is 198 g/mol. The third kappa shape index (κ3) is 4.97. The van der Waals surface area contributed by atoms with E-state index in [1.54, 1.807) is 0 Å². The first kappa shape index (κ1) is 12.0. The highest BCUT2D eigenvalue weighted by Gasteiger charge is 2.16. The average Bonchev–Trinajstić information content (AvgIpc) is 1.99. The summed E-state index contributed by atoms with van der Waals surface area (Å²) in [6, 6.07) is 0.344. The second-order valence-electron chi connectivity index (χ2n) is 5.18. The zero-order valence-corrected chi connectivity index (χ0v) is 9.76. The monoisotopic (exact) mass is 198 g/mol. The van der Waals surface area contributed by atoms with Gasteiger partial charge in [-0.05, 0) is 31.2 Å². The molecule has 3 N–H and O–H groups in total. The van der Waals surface area contributed by atoms with Crippen LogP contribution in [-0.4, -0.2) is 19.1 Å². The predicted octanol–water partition coefficient (Wildman–Crippen LogP) is 2.14. The maximum atomic E-state index is 5.98. The first-order valence-electron chi connectivity index (χ1n) is 6.14. The van der Waals surface area contributed by atoms with Gasteiger partial charge in [-0.15, -0.1) is 0 Å². The molecule has 0 aromatic carbocycles. The van der Waals surface area contributed by atoms with Gasteiger partial charge in [0.15, 0.2) is 0 Å². The van der Waals surface area contributed by atoms with E-state index in [-0.39, 0.29) is 0 Å². The molecule has 0 radical (unpaired) electrons. The van der Waals surface area contributed by atoms with Gasteiger partial charge in [-0.2, -0.15) is 0 Å². The van der Waals surface area contributed by atoms with E-state index < -0.39 is 0 Å². The maximum Gasteiger partial charge on any atom is 0.0167 e. The van der Waals surface area contributed by atoms with Gasteiger partial charge in [-0.3, -0.25) is 0 Å². The fourth-order valence-corrected chi connectivity index (χ4v) is 2.06. The SMILES string of the molecule is CC(C)CC(N)CNCCC1CCC1. The molecule has 0 spiro atoms. The zero-order valence-electron chi connectivity index (χ0n) is 9.76. The fraction of sp³-hybridized carbons (Fsp3) is 1.00. The summed E-state index contributed by atoms with van der Waals surface area (Å²) in [5.41, 5.74) is 5.98. The van der Waals surface area contributed by atoms with Crippen LogP contribution in [0.4, 0.5) is 0 Å². The summed E-state index contributed by atoms with van der Waals surface area (Å²) in [5, 5.41) is 3.46. The van der Waals surface area contributed by atoms with Crippen LogP contribution in [0.15, 0.2) is 0 Å². The molecule has 1 rings (SSSR count). The van der Waals surface area contributed by atoms with E-state index in [0.29, 0.717) is 6.04 Å². The van der Waals surface area contributed by atoms with Gasteiger partial charge >= 0.3 is 0 Å². The van der Waals surface area contributed by atoms with Gasteiger partial charge in [0.05, 0.1) is 0 Å². The molecule has 1 aliphatic carbocycles. The Labute approximate surface area is 88.6 Å². The summed E-state index contributed by atoms with van der Waals surface area (Å²) in [6.07, 6.45) is 6.86. The van der Waals surface area contributed by atoms with Crippen LogP contribution in [-0.2, 0) is 0 Å². The fourth-order valence-electron chi connectivity index (χ4n) is 2.06. The van der Waals surface area contributed by atoms with Crippen LogP contribution < -0.4 is 11.1 Å². The smallest absolute Gasteiger partial charge is 0.0167 e. The van der Waals surface area contributed by atoms with E-state index in [2.05, 4.69) is 19.2 Å². The second-order valence-corrected chi connectivity index (χ2v) is 5.18. The molecule has 1 atom stereocenters. The number of nitrogens with two attached hydrogens (primary N) is 1. The number of hydrogen-bond acceptors (Lipinski definition) is 2. The molecule has 0 saturated heterocycles. The van der Waals surface area contributed by atoms with Crippen molar-refractivity contribution >= 4 is 0 Å². The minimum atomic E-state index is 0.344. The molecule has 0 heterocycles. The third-order valence-electron chi connectivity index (χ3n) is 3.13. The highest BCUT2D eigenvalue weighted by Crippen LogP contribution is 2.28. The Hall–Kier alpha value is -0.0800.